The molecule has 0 aromatic heterocycles. The third kappa shape index (κ3) is 5.68. The number of ether oxygens (including phenoxy) is 3. The molecule has 10 heteroatoms. The van der Waals surface area contributed by atoms with Crippen LogP contribution in [0.5, 0.6) is 17.2 Å². The van der Waals surface area contributed by atoms with Gasteiger partial charge in [-0.05, 0) is 34.1 Å². The van der Waals surface area contributed by atoms with E-state index in [0.29, 0.717) is 27.3 Å². The average molecular weight is 438 g/mol. The molecule has 27 heavy (non-hydrogen) atoms. The van der Waals surface area contributed by atoms with Gasteiger partial charge in [-0.3, -0.25) is 14.9 Å². The van der Waals surface area contributed by atoms with Crippen molar-refractivity contribution in [1.82, 2.24) is 5.43 Å². The molecular formula is C17H16BrN3O6. The van der Waals surface area contributed by atoms with Gasteiger partial charge in [0.1, 0.15) is 17.2 Å². The highest BCUT2D eigenvalue weighted by atomic mass is 79.9. The van der Waals surface area contributed by atoms with Crippen LogP contribution in [-0.4, -0.2) is 37.9 Å². The predicted molar refractivity (Wildman–Crippen MR) is 102 cm³/mol. The van der Waals surface area contributed by atoms with Crippen molar-refractivity contribution in [2.24, 2.45) is 5.10 Å². The summed E-state index contributed by atoms with van der Waals surface area (Å²) in [7, 11) is 3.05. The maximum Gasteiger partial charge on any atom is 0.277 e. The number of hydrogen-bond donors (Lipinski definition) is 1. The van der Waals surface area contributed by atoms with E-state index < -0.39 is 10.8 Å². The summed E-state index contributed by atoms with van der Waals surface area (Å²) in [6.45, 7) is -0.293. The molecule has 0 bridgehead atoms. The van der Waals surface area contributed by atoms with Crippen molar-refractivity contribution < 1.29 is 23.9 Å². The molecule has 0 heterocycles. The number of non-ortho nitro benzene ring substituents is 1. The normalized spacial score (nSPS) is 10.5. The molecular weight excluding hydrogens is 422 g/mol. The molecule has 0 aliphatic carbocycles. The van der Waals surface area contributed by atoms with Crippen LogP contribution in [0, 0.1) is 10.1 Å². The number of benzene rings is 2. The third-order valence-electron chi connectivity index (χ3n) is 3.31. The van der Waals surface area contributed by atoms with E-state index in [0.717, 1.165) is 0 Å². The molecule has 2 aromatic rings. The standard InChI is InChI=1S/C17H16BrN3O6/c1-25-15-8-16(26-2)14(18)7-11(15)9-19-20-17(22)10-27-13-5-3-12(4-6-13)21(23)24/h3-9H,10H2,1-2H3,(H,20,22). The lowest BCUT2D eigenvalue weighted by atomic mass is 10.2. The van der Waals surface area contributed by atoms with Crippen LogP contribution in [0.1, 0.15) is 5.56 Å². The summed E-state index contributed by atoms with van der Waals surface area (Å²) >= 11 is 3.36. The molecule has 0 radical (unpaired) electrons. The molecule has 0 spiro atoms. The van der Waals surface area contributed by atoms with Crippen LogP contribution in [0.15, 0.2) is 46.0 Å². The van der Waals surface area contributed by atoms with Gasteiger partial charge in [0.05, 0.1) is 29.8 Å². The topological polar surface area (TPSA) is 112 Å². The number of nitrogens with zero attached hydrogens (tertiary/aromatic N) is 2. The zero-order chi connectivity index (χ0) is 19.8. The van der Waals surface area contributed by atoms with Crippen molar-refractivity contribution in [2.45, 2.75) is 0 Å². The molecule has 0 saturated heterocycles. The van der Waals surface area contributed by atoms with E-state index in [1.54, 1.807) is 19.2 Å². The number of rotatable bonds is 8. The molecule has 0 fully saturated rings. The summed E-state index contributed by atoms with van der Waals surface area (Å²) in [5, 5.41) is 14.4. The Morgan fingerprint density at radius 1 is 1.22 bits per heavy atom. The first-order chi connectivity index (χ1) is 12.9. The van der Waals surface area contributed by atoms with E-state index >= 15 is 0 Å². The molecule has 2 aromatic carbocycles. The van der Waals surface area contributed by atoms with Crippen LogP contribution in [0.3, 0.4) is 0 Å². The van der Waals surface area contributed by atoms with E-state index in [9.17, 15) is 14.9 Å². The first-order valence-corrected chi connectivity index (χ1v) is 8.34. The van der Waals surface area contributed by atoms with Crippen LogP contribution in [0.2, 0.25) is 0 Å². The number of nitro groups is 1. The molecule has 0 aliphatic heterocycles. The zero-order valence-corrected chi connectivity index (χ0v) is 16.1. The highest BCUT2D eigenvalue weighted by Crippen LogP contribution is 2.31. The summed E-state index contributed by atoms with van der Waals surface area (Å²) in [5.41, 5.74) is 2.89. The van der Waals surface area contributed by atoms with Crippen molar-refractivity contribution >= 4 is 33.7 Å². The van der Waals surface area contributed by atoms with Crippen molar-refractivity contribution in [3.8, 4) is 17.2 Å². The molecule has 1 N–H and O–H groups in total. The molecule has 1 amide bonds. The molecule has 0 unspecified atom stereocenters. The summed E-state index contributed by atoms with van der Waals surface area (Å²) in [5.74, 6) is 0.969. The van der Waals surface area contributed by atoms with Crippen LogP contribution in [0.25, 0.3) is 0 Å². The summed E-state index contributed by atoms with van der Waals surface area (Å²) in [4.78, 5) is 21.9. The second-order valence-corrected chi connectivity index (χ2v) is 5.92. The van der Waals surface area contributed by atoms with Gasteiger partial charge in [0.25, 0.3) is 11.6 Å². The highest BCUT2D eigenvalue weighted by molar-refractivity contribution is 9.10. The number of nitro benzene ring substituents is 1. The molecule has 142 valence electrons. The maximum absolute atomic E-state index is 11.8. The summed E-state index contributed by atoms with van der Waals surface area (Å²) in [6.07, 6.45) is 1.42. The average Bonchev–Trinajstić information content (AvgIpc) is 2.67. The number of carbonyl (C=O) groups is 1. The molecule has 0 saturated carbocycles. The Labute approximate surface area is 163 Å². The molecule has 9 nitrogen and oxygen atoms in total. The van der Waals surface area contributed by atoms with E-state index in [2.05, 4.69) is 26.5 Å². The van der Waals surface area contributed by atoms with Crippen molar-refractivity contribution in [2.75, 3.05) is 20.8 Å². The quantitative estimate of drug-likeness (QED) is 0.385. The summed E-state index contributed by atoms with van der Waals surface area (Å²) < 4.78 is 16.4. The number of hydrazone groups is 1. The van der Waals surface area contributed by atoms with Gasteiger partial charge in [0.2, 0.25) is 0 Å². The SMILES string of the molecule is COc1cc(OC)c(C=NNC(=O)COc2ccc([N+](=O)[O-])cc2)cc1Br. The number of amides is 1. The van der Waals surface area contributed by atoms with Gasteiger partial charge in [0, 0.05) is 23.8 Å². The highest BCUT2D eigenvalue weighted by Gasteiger charge is 2.09. The Hall–Kier alpha value is -3.14. The largest absolute Gasteiger partial charge is 0.496 e. The monoisotopic (exact) mass is 437 g/mol. The van der Waals surface area contributed by atoms with Gasteiger partial charge >= 0.3 is 0 Å². The lowest BCUT2D eigenvalue weighted by Gasteiger charge is -2.09. The Bertz CT molecular complexity index is 854. The van der Waals surface area contributed by atoms with Crippen LogP contribution < -0.4 is 19.6 Å². The van der Waals surface area contributed by atoms with E-state index in [1.165, 1.54) is 37.6 Å². The fourth-order valence-electron chi connectivity index (χ4n) is 2.00. The molecule has 0 aliphatic rings. The Kier molecular flexibility index (Phi) is 7.12. The minimum Gasteiger partial charge on any atom is -0.496 e. The maximum atomic E-state index is 11.8. The van der Waals surface area contributed by atoms with Gasteiger partial charge in [-0.25, -0.2) is 5.43 Å². The minimum atomic E-state index is -0.517. The van der Waals surface area contributed by atoms with Gasteiger partial charge < -0.3 is 14.2 Å². The minimum absolute atomic E-state index is 0.0593. The Morgan fingerprint density at radius 2 is 1.89 bits per heavy atom. The number of methoxy groups -OCH3 is 2. The van der Waals surface area contributed by atoms with Gasteiger partial charge in [-0.1, -0.05) is 0 Å². The molecule has 2 rings (SSSR count). The fourth-order valence-corrected chi connectivity index (χ4v) is 2.53. The number of hydrogen-bond acceptors (Lipinski definition) is 7. The Morgan fingerprint density at radius 3 is 2.48 bits per heavy atom. The Balaban J connectivity index is 1.91. The smallest absolute Gasteiger partial charge is 0.277 e. The second kappa shape index (κ2) is 9.53. The first-order valence-electron chi connectivity index (χ1n) is 7.55. The van der Waals surface area contributed by atoms with Crippen molar-refractivity contribution in [3.05, 3.63) is 56.5 Å². The number of carbonyl (C=O) groups excluding carboxylic acids is 1. The van der Waals surface area contributed by atoms with Crippen LogP contribution in [-0.2, 0) is 4.79 Å². The first kappa shape index (κ1) is 20.2. The van der Waals surface area contributed by atoms with E-state index in [1.807, 2.05) is 0 Å². The lowest BCUT2D eigenvalue weighted by molar-refractivity contribution is -0.384. The van der Waals surface area contributed by atoms with E-state index in [4.69, 9.17) is 14.2 Å². The van der Waals surface area contributed by atoms with Gasteiger partial charge in [-0.2, -0.15) is 5.10 Å². The molecule has 0 atom stereocenters. The van der Waals surface area contributed by atoms with Crippen LogP contribution >= 0.6 is 15.9 Å². The number of halogens is 1. The predicted octanol–water partition coefficient (Wildman–Crippen LogP) is 2.90. The van der Waals surface area contributed by atoms with Gasteiger partial charge in [0.15, 0.2) is 6.61 Å². The van der Waals surface area contributed by atoms with Crippen molar-refractivity contribution in [3.63, 3.8) is 0 Å². The second-order valence-electron chi connectivity index (χ2n) is 5.06. The fraction of sp³-hybridized carbons (Fsp3) is 0.176. The van der Waals surface area contributed by atoms with Crippen LogP contribution in [0.4, 0.5) is 5.69 Å². The zero-order valence-electron chi connectivity index (χ0n) is 14.5. The number of nitrogens with one attached hydrogen (secondary N) is 1. The van der Waals surface area contributed by atoms with Gasteiger partial charge in [-0.15, -0.1) is 0 Å². The lowest BCUT2D eigenvalue weighted by Crippen LogP contribution is -2.24. The third-order valence-corrected chi connectivity index (χ3v) is 3.93. The van der Waals surface area contributed by atoms with E-state index in [-0.39, 0.29) is 12.3 Å². The summed E-state index contributed by atoms with van der Waals surface area (Å²) in [6, 6.07) is 8.83. The van der Waals surface area contributed by atoms with Crippen molar-refractivity contribution in [1.29, 1.82) is 0 Å².